The molecule has 2 heterocycles. The first-order valence-electron chi connectivity index (χ1n) is 7.66. The lowest BCUT2D eigenvalue weighted by Crippen LogP contribution is -2.44. The van der Waals surface area contributed by atoms with Gasteiger partial charge in [0.2, 0.25) is 5.91 Å². The summed E-state index contributed by atoms with van der Waals surface area (Å²) in [5, 5.41) is 5.45. The molecule has 4 N–H and O–H groups in total. The van der Waals surface area contributed by atoms with Crippen LogP contribution in [-0.4, -0.2) is 39.8 Å². The lowest BCUT2D eigenvalue weighted by molar-refractivity contribution is -0.131. The molecule has 8 nitrogen and oxygen atoms in total. The first-order valence-corrected chi connectivity index (χ1v) is 7.66. The van der Waals surface area contributed by atoms with Crippen molar-refractivity contribution >= 4 is 41.8 Å². The Balaban J connectivity index is 0.00000208. The predicted octanol–water partition coefficient (Wildman–Crippen LogP) is 1.28. The zero-order valence-corrected chi connectivity index (χ0v) is 13.9. The van der Waals surface area contributed by atoms with Gasteiger partial charge in [0.25, 0.3) is 5.91 Å². The molecule has 4 amide bonds. The van der Waals surface area contributed by atoms with Crippen LogP contribution < -0.4 is 16.4 Å². The number of carbonyl (C=O) groups is 3. The molecule has 0 unspecified atom stereocenters. The predicted molar refractivity (Wildman–Crippen MR) is 90.6 cm³/mol. The molecule has 130 valence electrons. The summed E-state index contributed by atoms with van der Waals surface area (Å²) in [6.07, 6.45) is 4.72. The number of nitrogens with one attached hydrogen (secondary N) is 2. The number of rotatable bonds is 4. The lowest BCUT2D eigenvalue weighted by Gasteiger charge is -2.19. The second-order valence-corrected chi connectivity index (χ2v) is 5.95. The number of carbonyl (C=O) groups excluding carboxylic acids is 3. The van der Waals surface area contributed by atoms with Crippen LogP contribution in [0.2, 0.25) is 0 Å². The molecule has 24 heavy (non-hydrogen) atoms. The van der Waals surface area contributed by atoms with Crippen LogP contribution in [0.1, 0.15) is 32.1 Å². The molecular weight excluding hydrogens is 334 g/mol. The Bertz CT molecular complexity index is 643. The van der Waals surface area contributed by atoms with Crippen LogP contribution in [-0.2, 0) is 9.59 Å². The van der Waals surface area contributed by atoms with Crippen LogP contribution in [0.15, 0.2) is 18.3 Å². The molecule has 0 atom stereocenters. The van der Waals surface area contributed by atoms with Gasteiger partial charge in [0.15, 0.2) is 0 Å². The molecule has 1 spiro atoms. The number of nitrogens with zero attached hydrogens (tertiary/aromatic N) is 2. The number of hydrogen-bond acceptors (Lipinski definition) is 5. The van der Waals surface area contributed by atoms with E-state index in [2.05, 4.69) is 15.6 Å². The molecular formula is C15H20ClN5O3. The molecule has 2 fully saturated rings. The number of hydrogen-bond donors (Lipinski definition) is 3. The van der Waals surface area contributed by atoms with Crippen molar-refractivity contribution in [3.05, 3.63) is 18.3 Å². The number of halogens is 1. The van der Waals surface area contributed by atoms with E-state index in [1.165, 1.54) is 6.20 Å². The lowest BCUT2D eigenvalue weighted by atomic mass is 9.98. The number of imide groups is 1. The van der Waals surface area contributed by atoms with E-state index in [1.807, 2.05) is 0 Å². The molecule has 0 radical (unpaired) electrons. The standard InChI is InChI=1S/C15H19N5O3.ClH/c16-11-4-3-10(9-17-11)18-12(21)5-8-20-13(22)15(19-14(20)23)6-1-2-7-15;/h3-4,9H,1-2,5-8H2,(H2,16,17)(H,18,21)(H,19,23);1H. The highest BCUT2D eigenvalue weighted by molar-refractivity contribution is 6.07. The van der Waals surface area contributed by atoms with Crippen molar-refractivity contribution in [3.63, 3.8) is 0 Å². The zero-order chi connectivity index (χ0) is 16.4. The Morgan fingerprint density at radius 3 is 2.67 bits per heavy atom. The molecule has 3 rings (SSSR count). The van der Waals surface area contributed by atoms with Gasteiger partial charge in [-0.05, 0) is 25.0 Å². The topological polar surface area (TPSA) is 117 Å². The molecule has 1 aliphatic heterocycles. The van der Waals surface area contributed by atoms with Gasteiger partial charge >= 0.3 is 6.03 Å². The van der Waals surface area contributed by atoms with Crippen molar-refractivity contribution in [2.45, 2.75) is 37.6 Å². The maximum absolute atomic E-state index is 12.4. The summed E-state index contributed by atoms with van der Waals surface area (Å²) < 4.78 is 0. The van der Waals surface area contributed by atoms with E-state index in [9.17, 15) is 14.4 Å². The Morgan fingerprint density at radius 1 is 1.33 bits per heavy atom. The largest absolute Gasteiger partial charge is 0.384 e. The average molecular weight is 354 g/mol. The van der Waals surface area contributed by atoms with Crippen LogP contribution >= 0.6 is 12.4 Å². The summed E-state index contributed by atoms with van der Waals surface area (Å²) in [7, 11) is 0. The van der Waals surface area contributed by atoms with E-state index in [-0.39, 0.29) is 37.2 Å². The van der Waals surface area contributed by atoms with Gasteiger partial charge in [-0.3, -0.25) is 14.5 Å². The highest BCUT2D eigenvalue weighted by atomic mass is 35.5. The van der Waals surface area contributed by atoms with Crippen molar-refractivity contribution in [2.75, 3.05) is 17.6 Å². The molecule has 1 aliphatic carbocycles. The number of amides is 4. The van der Waals surface area contributed by atoms with Crippen LogP contribution in [0.25, 0.3) is 0 Å². The average Bonchev–Trinajstić information content (AvgIpc) is 3.07. The van der Waals surface area contributed by atoms with Crippen molar-refractivity contribution < 1.29 is 14.4 Å². The van der Waals surface area contributed by atoms with Gasteiger partial charge in [0.1, 0.15) is 11.4 Å². The van der Waals surface area contributed by atoms with Gasteiger partial charge in [0.05, 0.1) is 11.9 Å². The number of anilines is 2. The maximum atomic E-state index is 12.4. The monoisotopic (exact) mass is 353 g/mol. The Morgan fingerprint density at radius 2 is 2.04 bits per heavy atom. The second kappa shape index (κ2) is 7.04. The Kier molecular flexibility index (Phi) is 5.28. The molecule has 1 aromatic heterocycles. The van der Waals surface area contributed by atoms with Crippen LogP contribution in [0, 0.1) is 0 Å². The zero-order valence-electron chi connectivity index (χ0n) is 13.1. The van der Waals surface area contributed by atoms with Crippen LogP contribution in [0.3, 0.4) is 0 Å². The van der Waals surface area contributed by atoms with E-state index >= 15 is 0 Å². The summed E-state index contributed by atoms with van der Waals surface area (Å²) in [6, 6.07) is 2.82. The minimum Gasteiger partial charge on any atom is -0.384 e. The molecule has 1 saturated heterocycles. The maximum Gasteiger partial charge on any atom is 0.325 e. The fourth-order valence-electron chi connectivity index (χ4n) is 3.11. The highest BCUT2D eigenvalue weighted by Crippen LogP contribution is 2.35. The molecule has 1 saturated carbocycles. The van der Waals surface area contributed by atoms with E-state index in [0.717, 1.165) is 17.7 Å². The van der Waals surface area contributed by atoms with Crippen LogP contribution in [0.4, 0.5) is 16.3 Å². The summed E-state index contributed by atoms with van der Waals surface area (Å²) >= 11 is 0. The number of nitrogen functional groups attached to an aromatic ring is 1. The number of pyridine rings is 1. The number of aromatic nitrogens is 1. The number of nitrogens with two attached hydrogens (primary N) is 1. The van der Waals surface area contributed by atoms with Gasteiger partial charge in [-0.15, -0.1) is 12.4 Å². The summed E-state index contributed by atoms with van der Waals surface area (Å²) in [5.74, 6) is -0.129. The van der Waals surface area contributed by atoms with Gasteiger partial charge in [-0.2, -0.15) is 0 Å². The minimum atomic E-state index is -0.728. The third-order valence-electron chi connectivity index (χ3n) is 4.34. The quantitative estimate of drug-likeness (QED) is 0.705. The summed E-state index contributed by atoms with van der Waals surface area (Å²) in [6.45, 7) is 0.0701. The molecule has 0 aromatic carbocycles. The fourth-order valence-corrected chi connectivity index (χ4v) is 3.11. The molecule has 9 heteroatoms. The van der Waals surface area contributed by atoms with Crippen LogP contribution in [0.5, 0.6) is 0 Å². The smallest absolute Gasteiger partial charge is 0.325 e. The fraction of sp³-hybridized carbons (Fsp3) is 0.467. The van der Waals surface area contributed by atoms with Crippen molar-refractivity contribution in [3.8, 4) is 0 Å². The Labute approximate surface area is 145 Å². The molecule has 2 aliphatic rings. The van der Waals surface area contributed by atoms with Gasteiger partial charge in [-0.25, -0.2) is 9.78 Å². The van der Waals surface area contributed by atoms with E-state index in [4.69, 9.17) is 5.73 Å². The second-order valence-electron chi connectivity index (χ2n) is 5.95. The third kappa shape index (κ3) is 3.43. The van der Waals surface area contributed by atoms with E-state index in [0.29, 0.717) is 24.3 Å². The third-order valence-corrected chi connectivity index (χ3v) is 4.34. The van der Waals surface area contributed by atoms with E-state index < -0.39 is 11.6 Å². The summed E-state index contributed by atoms with van der Waals surface area (Å²) in [4.78, 5) is 41.4. The van der Waals surface area contributed by atoms with Crippen molar-refractivity contribution in [2.24, 2.45) is 0 Å². The first kappa shape index (κ1) is 18.0. The SMILES string of the molecule is Cl.Nc1ccc(NC(=O)CCN2C(=O)NC3(CCCC3)C2=O)cn1. The Hall–Kier alpha value is -2.35. The van der Waals surface area contributed by atoms with Gasteiger partial charge < -0.3 is 16.4 Å². The molecule has 1 aromatic rings. The molecule has 0 bridgehead atoms. The van der Waals surface area contributed by atoms with Crippen molar-refractivity contribution in [1.29, 1.82) is 0 Å². The number of urea groups is 1. The highest BCUT2D eigenvalue weighted by Gasteiger charge is 2.52. The summed E-state index contributed by atoms with van der Waals surface area (Å²) in [5.41, 5.74) is 5.27. The van der Waals surface area contributed by atoms with E-state index in [1.54, 1.807) is 12.1 Å². The minimum absolute atomic E-state index is 0. The van der Waals surface area contributed by atoms with Gasteiger partial charge in [0, 0.05) is 13.0 Å². The van der Waals surface area contributed by atoms with Gasteiger partial charge in [-0.1, -0.05) is 12.8 Å². The first-order chi connectivity index (χ1) is 11.0. The normalized spacial score (nSPS) is 18.4. The van der Waals surface area contributed by atoms with Crippen molar-refractivity contribution in [1.82, 2.24) is 15.2 Å².